The third-order valence-electron chi connectivity index (χ3n) is 3.76. The molecule has 2 aliphatic rings. The molecule has 0 aromatic carbocycles. The van der Waals surface area contributed by atoms with Gasteiger partial charge in [0.05, 0.1) is 12.5 Å². The molecule has 2 heterocycles. The number of hydrogen-bond donors (Lipinski definition) is 0. The van der Waals surface area contributed by atoms with Gasteiger partial charge in [-0.15, -0.1) is 0 Å². The number of carbonyl (C=O) groups is 1. The van der Waals surface area contributed by atoms with Crippen molar-refractivity contribution in [2.45, 2.75) is 45.3 Å². The maximum Gasteiger partial charge on any atom is 0.170 e. The first kappa shape index (κ1) is 11.1. The van der Waals surface area contributed by atoms with Crippen LogP contribution in [0.3, 0.4) is 0 Å². The molecule has 2 fully saturated rings. The topological polar surface area (TPSA) is 29.5 Å². The van der Waals surface area contributed by atoms with Crippen LogP contribution in [-0.2, 0) is 9.53 Å². The molecule has 0 radical (unpaired) electrons. The molecule has 0 bridgehead atoms. The van der Waals surface area contributed by atoms with Crippen LogP contribution in [0.4, 0.5) is 0 Å². The Morgan fingerprint density at radius 3 is 2.73 bits per heavy atom. The van der Waals surface area contributed by atoms with E-state index in [4.69, 9.17) is 4.74 Å². The van der Waals surface area contributed by atoms with Crippen molar-refractivity contribution in [1.82, 2.24) is 4.90 Å². The molecule has 0 saturated carbocycles. The van der Waals surface area contributed by atoms with Gasteiger partial charge in [0.25, 0.3) is 0 Å². The predicted octanol–water partition coefficient (Wildman–Crippen LogP) is 1.46. The number of ketones is 1. The van der Waals surface area contributed by atoms with Gasteiger partial charge in [-0.3, -0.25) is 9.69 Å². The summed E-state index contributed by atoms with van der Waals surface area (Å²) in [4.78, 5) is 14.4. The number of hydrogen-bond acceptors (Lipinski definition) is 3. The van der Waals surface area contributed by atoms with Crippen LogP contribution in [0, 0.1) is 5.92 Å². The van der Waals surface area contributed by atoms with Crippen molar-refractivity contribution in [2.24, 2.45) is 5.92 Å². The van der Waals surface area contributed by atoms with E-state index in [0.29, 0.717) is 12.6 Å². The van der Waals surface area contributed by atoms with Gasteiger partial charge < -0.3 is 4.74 Å². The summed E-state index contributed by atoms with van der Waals surface area (Å²) in [6, 6.07) is 0.640. The molecular weight excluding hydrogens is 190 g/mol. The summed E-state index contributed by atoms with van der Waals surface area (Å²) >= 11 is 0. The molecule has 0 aromatic heterocycles. The van der Waals surface area contributed by atoms with Gasteiger partial charge in [-0.25, -0.2) is 0 Å². The van der Waals surface area contributed by atoms with Crippen molar-refractivity contribution < 1.29 is 9.53 Å². The summed E-state index contributed by atoms with van der Waals surface area (Å²) < 4.78 is 5.53. The molecular formula is C12H21NO2. The van der Waals surface area contributed by atoms with Crippen LogP contribution in [0.1, 0.15) is 33.6 Å². The minimum Gasteiger partial charge on any atom is -0.367 e. The Labute approximate surface area is 91.8 Å². The van der Waals surface area contributed by atoms with Crippen LogP contribution < -0.4 is 0 Å². The SMILES string of the molecule is CC1CCCN1CC1COC(C)(C)C1=O. The van der Waals surface area contributed by atoms with Crippen LogP contribution in [0.2, 0.25) is 0 Å². The second-order valence-corrected chi connectivity index (χ2v) is 5.37. The van der Waals surface area contributed by atoms with Crippen LogP contribution in [0.25, 0.3) is 0 Å². The zero-order valence-electron chi connectivity index (χ0n) is 9.95. The third-order valence-corrected chi connectivity index (χ3v) is 3.76. The van der Waals surface area contributed by atoms with Crippen LogP contribution in [-0.4, -0.2) is 42.0 Å². The summed E-state index contributed by atoms with van der Waals surface area (Å²) in [5, 5.41) is 0. The van der Waals surface area contributed by atoms with Crippen molar-refractivity contribution in [3.05, 3.63) is 0 Å². The van der Waals surface area contributed by atoms with E-state index in [9.17, 15) is 4.79 Å². The van der Waals surface area contributed by atoms with Gasteiger partial charge in [0.1, 0.15) is 5.60 Å². The number of nitrogens with zero attached hydrogens (tertiary/aromatic N) is 1. The van der Waals surface area contributed by atoms with Gasteiger partial charge in [-0.05, 0) is 40.2 Å². The van der Waals surface area contributed by atoms with Gasteiger partial charge >= 0.3 is 0 Å². The molecule has 0 N–H and O–H groups in total. The Morgan fingerprint density at radius 1 is 1.53 bits per heavy atom. The van der Waals surface area contributed by atoms with Crippen molar-refractivity contribution >= 4 is 5.78 Å². The molecule has 86 valence electrons. The van der Waals surface area contributed by atoms with Crippen LogP contribution in [0.5, 0.6) is 0 Å². The largest absolute Gasteiger partial charge is 0.367 e. The number of carbonyl (C=O) groups excluding carboxylic acids is 1. The fourth-order valence-electron chi connectivity index (χ4n) is 2.63. The average molecular weight is 211 g/mol. The lowest BCUT2D eigenvalue weighted by molar-refractivity contribution is -0.130. The van der Waals surface area contributed by atoms with Crippen molar-refractivity contribution in [3.8, 4) is 0 Å². The summed E-state index contributed by atoms with van der Waals surface area (Å²) in [7, 11) is 0. The lowest BCUT2D eigenvalue weighted by Crippen LogP contribution is -2.38. The molecule has 3 nitrogen and oxygen atoms in total. The van der Waals surface area contributed by atoms with E-state index in [1.165, 1.54) is 12.8 Å². The van der Waals surface area contributed by atoms with Crippen LogP contribution >= 0.6 is 0 Å². The lowest BCUT2D eigenvalue weighted by Gasteiger charge is -2.23. The van der Waals surface area contributed by atoms with Gasteiger partial charge in [0.15, 0.2) is 5.78 Å². The molecule has 0 spiro atoms. The predicted molar refractivity (Wildman–Crippen MR) is 58.8 cm³/mol. The standard InChI is InChI=1S/C12H21NO2/c1-9-5-4-6-13(9)7-10-8-15-12(2,3)11(10)14/h9-10H,4-8H2,1-3H3. The fourth-order valence-corrected chi connectivity index (χ4v) is 2.63. The molecule has 0 amide bonds. The van der Waals surface area contributed by atoms with Crippen molar-refractivity contribution in [1.29, 1.82) is 0 Å². The highest BCUT2D eigenvalue weighted by Gasteiger charge is 2.42. The highest BCUT2D eigenvalue weighted by atomic mass is 16.5. The second kappa shape index (κ2) is 3.87. The second-order valence-electron chi connectivity index (χ2n) is 5.37. The van der Waals surface area contributed by atoms with E-state index in [2.05, 4.69) is 11.8 Å². The fraction of sp³-hybridized carbons (Fsp3) is 0.917. The van der Waals surface area contributed by atoms with Crippen LogP contribution in [0.15, 0.2) is 0 Å². The summed E-state index contributed by atoms with van der Waals surface area (Å²) in [6.07, 6.45) is 2.54. The van der Waals surface area contributed by atoms with E-state index in [0.717, 1.165) is 13.1 Å². The molecule has 0 aliphatic carbocycles. The third kappa shape index (κ3) is 2.08. The van der Waals surface area contributed by atoms with E-state index < -0.39 is 5.60 Å². The molecule has 0 aromatic rings. The maximum absolute atomic E-state index is 12.0. The molecule has 2 saturated heterocycles. The van der Waals surface area contributed by atoms with Gasteiger partial charge in [0, 0.05) is 12.6 Å². The first-order valence-corrected chi connectivity index (χ1v) is 5.93. The van der Waals surface area contributed by atoms with E-state index in [1.807, 2.05) is 13.8 Å². The Kier molecular flexibility index (Phi) is 2.86. The highest BCUT2D eigenvalue weighted by molar-refractivity contribution is 5.90. The quantitative estimate of drug-likeness (QED) is 0.692. The van der Waals surface area contributed by atoms with Gasteiger partial charge in [-0.2, -0.15) is 0 Å². The zero-order chi connectivity index (χ0) is 11.1. The number of rotatable bonds is 2. The Balaban J connectivity index is 1.93. The number of Topliss-reactive ketones (excluding diaryl/α,β-unsaturated/α-hetero) is 1. The minimum absolute atomic E-state index is 0.0977. The summed E-state index contributed by atoms with van der Waals surface area (Å²) in [6.45, 7) is 8.65. The molecule has 15 heavy (non-hydrogen) atoms. The average Bonchev–Trinajstić information content (AvgIpc) is 2.66. The first-order valence-electron chi connectivity index (χ1n) is 5.93. The van der Waals surface area contributed by atoms with Crippen molar-refractivity contribution in [2.75, 3.05) is 19.7 Å². The number of ether oxygens (including phenoxy) is 1. The first-order chi connectivity index (χ1) is 7.00. The normalized spacial score (nSPS) is 36.3. The maximum atomic E-state index is 12.0. The Morgan fingerprint density at radius 2 is 2.27 bits per heavy atom. The highest BCUT2D eigenvalue weighted by Crippen LogP contribution is 2.28. The van der Waals surface area contributed by atoms with Gasteiger partial charge in [0.2, 0.25) is 0 Å². The van der Waals surface area contributed by atoms with Crippen molar-refractivity contribution in [3.63, 3.8) is 0 Å². The Bertz CT molecular complexity index is 262. The molecule has 2 unspecified atom stereocenters. The summed E-state index contributed by atoms with van der Waals surface area (Å²) in [5.41, 5.74) is -0.548. The molecule has 2 aliphatic heterocycles. The molecule has 2 atom stereocenters. The Hall–Kier alpha value is -0.410. The zero-order valence-corrected chi connectivity index (χ0v) is 9.95. The van der Waals surface area contributed by atoms with Gasteiger partial charge in [-0.1, -0.05) is 0 Å². The molecule has 2 rings (SSSR count). The number of likely N-dealkylation sites (tertiary alicyclic amines) is 1. The lowest BCUT2D eigenvalue weighted by atomic mass is 9.95. The smallest absolute Gasteiger partial charge is 0.170 e. The minimum atomic E-state index is -0.548. The summed E-state index contributed by atoms with van der Waals surface area (Å²) in [5.74, 6) is 0.377. The monoisotopic (exact) mass is 211 g/mol. The van der Waals surface area contributed by atoms with E-state index in [-0.39, 0.29) is 11.7 Å². The van der Waals surface area contributed by atoms with E-state index >= 15 is 0 Å². The molecule has 3 heteroatoms. The van der Waals surface area contributed by atoms with E-state index in [1.54, 1.807) is 0 Å².